The lowest BCUT2D eigenvalue weighted by Crippen LogP contribution is -2.25. The van der Waals surface area contributed by atoms with Crippen molar-refractivity contribution < 1.29 is 13.2 Å². The Morgan fingerprint density at radius 1 is 1.14 bits per heavy atom. The molecule has 0 saturated carbocycles. The van der Waals surface area contributed by atoms with Crippen LogP contribution in [-0.4, -0.2) is 33.2 Å². The quantitative estimate of drug-likeness (QED) is 0.608. The van der Waals surface area contributed by atoms with E-state index in [1.54, 1.807) is 24.3 Å². The fraction of sp³-hybridized carbons (Fsp3) is 0.500. The molecule has 0 atom stereocenters. The molecule has 0 aromatic heterocycles. The SMILES string of the molecule is Cl.NCCCCNC(=O)CCCS(=O)(=O)c1ccc(Br)cc1. The van der Waals surface area contributed by atoms with Crippen molar-refractivity contribution in [3.8, 4) is 0 Å². The van der Waals surface area contributed by atoms with E-state index in [0.29, 0.717) is 19.5 Å². The fourth-order valence-electron chi connectivity index (χ4n) is 1.77. The van der Waals surface area contributed by atoms with Crippen LogP contribution in [0.25, 0.3) is 0 Å². The number of amides is 1. The van der Waals surface area contributed by atoms with Gasteiger partial charge in [0.1, 0.15) is 0 Å². The zero-order chi connectivity index (χ0) is 15.7. The molecule has 0 aliphatic rings. The maximum Gasteiger partial charge on any atom is 0.220 e. The number of unbranched alkanes of at least 4 members (excludes halogenated alkanes) is 1. The Kier molecular flexibility index (Phi) is 10.7. The van der Waals surface area contributed by atoms with Crippen molar-refractivity contribution >= 4 is 44.1 Å². The molecule has 3 N–H and O–H groups in total. The number of benzene rings is 1. The Morgan fingerprint density at radius 2 is 1.77 bits per heavy atom. The number of hydrogen-bond acceptors (Lipinski definition) is 4. The zero-order valence-electron chi connectivity index (χ0n) is 12.3. The summed E-state index contributed by atoms with van der Waals surface area (Å²) in [4.78, 5) is 11.8. The molecule has 0 saturated heterocycles. The number of nitrogens with one attached hydrogen (secondary N) is 1. The first-order chi connectivity index (χ1) is 9.95. The molecule has 22 heavy (non-hydrogen) atoms. The molecule has 0 heterocycles. The molecule has 0 radical (unpaired) electrons. The normalized spacial score (nSPS) is 10.8. The van der Waals surface area contributed by atoms with Crippen molar-refractivity contribution in [2.24, 2.45) is 5.73 Å². The fourth-order valence-corrected chi connectivity index (χ4v) is 3.34. The molecule has 0 spiro atoms. The minimum Gasteiger partial charge on any atom is -0.356 e. The highest BCUT2D eigenvalue weighted by molar-refractivity contribution is 9.10. The maximum atomic E-state index is 12.1. The minimum atomic E-state index is -3.32. The molecule has 0 fully saturated rings. The smallest absolute Gasteiger partial charge is 0.220 e. The molecule has 0 bridgehead atoms. The molecular formula is C14H22BrClN2O3S. The van der Waals surface area contributed by atoms with Crippen LogP contribution in [0.4, 0.5) is 0 Å². The van der Waals surface area contributed by atoms with Gasteiger partial charge in [-0.1, -0.05) is 15.9 Å². The van der Waals surface area contributed by atoms with Crippen molar-refractivity contribution in [3.05, 3.63) is 28.7 Å². The van der Waals surface area contributed by atoms with Crippen LogP contribution in [0.5, 0.6) is 0 Å². The molecule has 1 rings (SSSR count). The van der Waals surface area contributed by atoms with Crippen molar-refractivity contribution in [2.75, 3.05) is 18.8 Å². The standard InChI is InChI=1S/C14H21BrN2O3S.ClH/c15-12-5-7-13(8-6-12)21(19,20)11-3-4-14(18)17-10-2-1-9-16;/h5-8H,1-4,9-11,16H2,(H,17,18);1H. The summed E-state index contributed by atoms with van der Waals surface area (Å²) in [6, 6.07) is 6.51. The molecular weight excluding hydrogens is 392 g/mol. The van der Waals surface area contributed by atoms with Gasteiger partial charge >= 0.3 is 0 Å². The van der Waals surface area contributed by atoms with E-state index < -0.39 is 9.84 Å². The molecule has 8 heteroatoms. The Hall–Kier alpha value is -0.630. The highest BCUT2D eigenvalue weighted by atomic mass is 79.9. The second kappa shape index (κ2) is 11.0. The summed E-state index contributed by atoms with van der Waals surface area (Å²) >= 11 is 3.26. The lowest BCUT2D eigenvalue weighted by molar-refractivity contribution is -0.121. The van der Waals surface area contributed by atoms with Gasteiger partial charge in [0.2, 0.25) is 5.91 Å². The number of nitrogens with two attached hydrogens (primary N) is 1. The third-order valence-electron chi connectivity index (χ3n) is 2.94. The van der Waals surface area contributed by atoms with Gasteiger partial charge in [0.05, 0.1) is 10.6 Å². The molecule has 1 amide bonds. The average molecular weight is 414 g/mol. The van der Waals surface area contributed by atoms with Crippen molar-refractivity contribution in [1.82, 2.24) is 5.32 Å². The van der Waals surface area contributed by atoms with Crippen LogP contribution < -0.4 is 11.1 Å². The molecule has 126 valence electrons. The van der Waals surface area contributed by atoms with Gasteiger partial charge in [0, 0.05) is 17.4 Å². The predicted molar refractivity (Wildman–Crippen MR) is 94.0 cm³/mol. The van der Waals surface area contributed by atoms with E-state index in [-0.39, 0.29) is 35.4 Å². The Labute approximate surface area is 146 Å². The second-order valence-electron chi connectivity index (χ2n) is 4.72. The molecule has 1 aromatic rings. The van der Waals surface area contributed by atoms with Gasteiger partial charge in [0.25, 0.3) is 0 Å². The third-order valence-corrected chi connectivity index (χ3v) is 5.29. The van der Waals surface area contributed by atoms with Crippen LogP contribution in [-0.2, 0) is 14.6 Å². The van der Waals surface area contributed by atoms with E-state index in [0.717, 1.165) is 17.3 Å². The van der Waals surface area contributed by atoms with E-state index in [4.69, 9.17) is 5.73 Å². The van der Waals surface area contributed by atoms with E-state index in [2.05, 4.69) is 21.2 Å². The first-order valence-electron chi connectivity index (χ1n) is 6.91. The second-order valence-corrected chi connectivity index (χ2v) is 7.75. The Morgan fingerprint density at radius 3 is 2.36 bits per heavy atom. The molecule has 1 aromatic carbocycles. The van der Waals surface area contributed by atoms with Crippen LogP contribution >= 0.6 is 28.3 Å². The van der Waals surface area contributed by atoms with Gasteiger partial charge in [-0.05, 0) is 50.1 Å². The lowest BCUT2D eigenvalue weighted by Gasteiger charge is -2.06. The number of hydrogen-bond donors (Lipinski definition) is 2. The average Bonchev–Trinajstić information content (AvgIpc) is 2.44. The Bertz CT molecular complexity index is 550. The van der Waals surface area contributed by atoms with E-state index in [9.17, 15) is 13.2 Å². The number of carbonyl (C=O) groups is 1. The van der Waals surface area contributed by atoms with Gasteiger partial charge in [-0.2, -0.15) is 0 Å². The van der Waals surface area contributed by atoms with E-state index >= 15 is 0 Å². The highest BCUT2D eigenvalue weighted by Gasteiger charge is 2.14. The summed E-state index contributed by atoms with van der Waals surface area (Å²) < 4.78 is 25.0. The zero-order valence-corrected chi connectivity index (χ0v) is 15.5. The Balaban J connectivity index is 0.00000441. The van der Waals surface area contributed by atoms with Crippen LogP contribution in [0.3, 0.4) is 0 Å². The molecule has 5 nitrogen and oxygen atoms in total. The van der Waals surface area contributed by atoms with Crippen LogP contribution in [0, 0.1) is 0 Å². The summed E-state index contributed by atoms with van der Waals surface area (Å²) in [5.41, 5.74) is 5.36. The van der Waals surface area contributed by atoms with Crippen molar-refractivity contribution in [2.45, 2.75) is 30.6 Å². The summed E-state index contributed by atoms with van der Waals surface area (Å²) in [6.45, 7) is 1.21. The van der Waals surface area contributed by atoms with Gasteiger partial charge in [-0.3, -0.25) is 4.79 Å². The summed E-state index contributed by atoms with van der Waals surface area (Å²) in [5.74, 6) is -0.136. The van der Waals surface area contributed by atoms with Gasteiger partial charge < -0.3 is 11.1 Å². The topological polar surface area (TPSA) is 89.3 Å². The number of rotatable bonds is 9. The summed E-state index contributed by atoms with van der Waals surface area (Å²) in [5, 5.41) is 2.76. The largest absolute Gasteiger partial charge is 0.356 e. The van der Waals surface area contributed by atoms with Crippen molar-refractivity contribution in [1.29, 1.82) is 0 Å². The predicted octanol–water partition coefficient (Wildman–Crippen LogP) is 2.28. The van der Waals surface area contributed by atoms with Gasteiger partial charge in [0.15, 0.2) is 9.84 Å². The number of sulfone groups is 1. The number of halogens is 2. The highest BCUT2D eigenvalue weighted by Crippen LogP contribution is 2.16. The number of carbonyl (C=O) groups excluding carboxylic acids is 1. The van der Waals surface area contributed by atoms with Crippen LogP contribution in [0.15, 0.2) is 33.6 Å². The van der Waals surface area contributed by atoms with Crippen LogP contribution in [0.2, 0.25) is 0 Å². The monoisotopic (exact) mass is 412 g/mol. The molecule has 0 aliphatic heterocycles. The molecule has 0 unspecified atom stereocenters. The minimum absolute atomic E-state index is 0. The van der Waals surface area contributed by atoms with Crippen molar-refractivity contribution in [3.63, 3.8) is 0 Å². The maximum absolute atomic E-state index is 12.1. The van der Waals surface area contributed by atoms with Gasteiger partial charge in [-0.25, -0.2) is 8.42 Å². The molecule has 0 aliphatic carbocycles. The van der Waals surface area contributed by atoms with E-state index in [1.165, 1.54) is 0 Å². The summed E-state index contributed by atoms with van der Waals surface area (Å²) in [7, 11) is -3.32. The first-order valence-corrected chi connectivity index (χ1v) is 9.35. The summed E-state index contributed by atoms with van der Waals surface area (Å²) in [6.07, 6.45) is 2.26. The third kappa shape index (κ3) is 8.12. The van der Waals surface area contributed by atoms with Gasteiger partial charge in [-0.15, -0.1) is 12.4 Å². The lowest BCUT2D eigenvalue weighted by atomic mass is 10.3. The van der Waals surface area contributed by atoms with E-state index in [1.807, 2.05) is 0 Å². The van der Waals surface area contributed by atoms with Crippen LogP contribution in [0.1, 0.15) is 25.7 Å². The first kappa shape index (κ1) is 21.4.